The summed E-state index contributed by atoms with van der Waals surface area (Å²) < 4.78 is 5.34. The zero-order valence-corrected chi connectivity index (χ0v) is 12.8. The lowest BCUT2D eigenvalue weighted by Crippen LogP contribution is -2.34. The van der Waals surface area contributed by atoms with Crippen molar-refractivity contribution < 1.29 is 9.53 Å². The van der Waals surface area contributed by atoms with E-state index < -0.39 is 5.60 Å². The van der Waals surface area contributed by atoms with E-state index in [2.05, 4.69) is 0 Å². The minimum atomic E-state index is -0.483. The topological polar surface area (TPSA) is 55.6 Å². The minimum Gasteiger partial charge on any atom is -0.443 e. The molecule has 0 aromatic heterocycles. The molecule has 2 N–H and O–H groups in total. The summed E-state index contributed by atoms with van der Waals surface area (Å²) in [6.45, 7) is 5.58. The first-order chi connectivity index (χ1) is 9.19. The molecule has 1 amide bonds. The molecule has 0 radical (unpaired) electrons. The van der Waals surface area contributed by atoms with Crippen molar-refractivity contribution >= 4 is 11.8 Å². The molecule has 20 heavy (non-hydrogen) atoms. The second-order valence-corrected chi connectivity index (χ2v) is 6.74. The first-order valence-corrected chi connectivity index (χ1v) is 7.03. The maximum Gasteiger partial charge on any atom is 0.414 e. The fraction of sp³-hybridized carbons (Fsp3) is 0.562. The summed E-state index contributed by atoms with van der Waals surface area (Å²) in [5.41, 5.74) is 7.68. The van der Waals surface area contributed by atoms with Gasteiger partial charge >= 0.3 is 6.09 Å². The Kier molecular flexibility index (Phi) is 3.78. The van der Waals surface area contributed by atoms with Crippen LogP contribution in [0.5, 0.6) is 0 Å². The lowest BCUT2D eigenvalue weighted by atomic mass is 10.0. The highest BCUT2D eigenvalue weighted by atomic mass is 16.6. The van der Waals surface area contributed by atoms with Crippen molar-refractivity contribution in [2.24, 2.45) is 5.73 Å². The van der Waals surface area contributed by atoms with Gasteiger partial charge in [-0.15, -0.1) is 0 Å². The normalized spacial score (nSPS) is 16.6. The van der Waals surface area contributed by atoms with E-state index in [4.69, 9.17) is 10.5 Å². The van der Waals surface area contributed by atoms with Crippen molar-refractivity contribution in [1.29, 1.82) is 0 Å². The van der Waals surface area contributed by atoms with Crippen LogP contribution >= 0.6 is 0 Å². The third-order valence-corrected chi connectivity index (χ3v) is 3.44. The zero-order chi connectivity index (χ0) is 15.0. The van der Waals surface area contributed by atoms with Gasteiger partial charge < -0.3 is 10.5 Å². The molecule has 0 bridgehead atoms. The van der Waals surface area contributed by atoms with E-state index >= 15 is 0 Å². The van der Waals surface area contributed by atoms with Crippen LogP contribution in [0.3, 0.4) is 0 Å². The van der Waals surface area contributed by atoms with Gasteiger partial charge in [0, 0.05) is 18.3 Å². The van der Waals surface area contributed by atoms with Crippen molar-refractivity contribution in [3.05, 3.63) is 29.8 Å². The van der Waals surface area contributed by atoms with E-state index in [9.17, 15) is 4.79 Å². The number of nitrogens with two attached hydrogens (primary N) is 1. The third kappa shape index (κ3) is 3.97. The predicted molar refractivity (Wildman–Crippen MR) is 80.9 cm³/mol. The average molecular weight is 276 g/mol. The number of benzene rings is 1. The van der Waals surface area contributed by atoms with E-state index in [1.165, 1.54) is 10.5 Å². The van der Waals surface area contributed by atoms with Crippen LogP contribution in [0, 0.1) is 0 Å². The zero-order valence-electron chi connectivity index (χ0n) is 12.8. The van der Waals surface area contributed by atoms with Crippen LogP contribution in [0.1, 0.15) is 39.2 Å². The molecule has 4 heteroatoms. The molecule has 0 saturated heterocycles. The highest BCUT2D eigenvalue weighted by molar-refractivity contribution is 5.87. The summed E-state index contributed by atoms with van der Waals surface area (Å²) in [4.78, 5) is 13.5. The van der Waals surface area contributed by atoms with Gasteiger partial charge in [-0.3, -0.25) is 4.90 Å². The molecule has 0 unspecified atom stereocenters. The maximum atomic E-state index is 12.0. The summed E-state index contributed by atoms with van der Waals surface area (Å²) in [6, 6.07) is 7.93. The SMILES string of the molecule is CN(C(=O)OC(C)(C)C)c1ccc(CC2(N)CC2)cc1. The van der Waals surface area contributed by atoms with Crippen LogP contribution in [-0.4, -0.2) is 24.3 Å². The van der Waals surface area contributed by atoms with Gasteiger partial charge in [-0.2, -0.15) is 0 Å². The quantitative estimate of drug-likeness (QED) is 0.923. The number of ether oxygens (including phenoxy) is 1. The van der Waals surface area contributed by atoms with Crippen LogP contribution in [0.25, 0.3) is 0 Å². The lowest BCUT2D eigenvalue weighted by molar-refractivity contribution is 0.0589. The molecule has 0 atom stereocenters. The molecule has 4 nitrogen and oxygen atoms in total. The minimum absolute atomic E-state index is 0.0125. The molecule has 2 rings (SSSR count). The second-order valence-electron chi connectivity index (χ2n) is 6.74. The van der Waals surface area contributed by atoms with Crippen LogP contribution in [0.2, 0.25) is 0 Å². The Morgan fingerprint density at radius 3 is 2.30 bits per heavy atom. The van der Waals surface area contributed by atoms with Crippen molar-refractivity contribution in [3.63, 3.8) is 0 Å². The number of anilines is 1. The molecule has 110 valence electrons. The predicted octanol–water partition coefficient (Wildman–Crippen LogP) is 3.09. The first-order valence-electron chi connectivity index (χ1n) is 7.03. The third-order valence-electron chi connectivity index (χ3n) is 3.44. The summed E-state index contributed by atoms with van der Waals surface area (Å²) in [5.74, 6) is 0. The highest BCUT2D eigenvalue weighted by Crippen LogP contribution is 2.35. The fourth-order valence-electron chi connectivity index (χ4n) is 2.02. The molecule has 1 fully saturated rings. The van der Waals surface area contributed by atoms with Crippen molar-refractivity contribution in [2.75, 3.05) is 11.9 Å². The summed E-state index contributed by atoms with van der Waals surface area (Å²) in [5, 5.41) is 0. The Bertz CT molecular complexity index is 484. The molecule has 0 aliphatic heterocycles. The molecule has 1 saturated carbocycles. The Labute approximate surface area is 120 Å². The number of hydrogen-bond acceptors (Lipinski definition) is 3. The molecular formula is C16H24N2O2. The van der Waals surface area contributed by atoms with Crippen LogP contribution < -0.4 is 10.6 Å². The summed E-state index contributed by atoms with van der Waals surface area (Å²) in [6.07, 6.45) is 2.77. The maximum absolute atomic E-state index is 12.0. The van der Waals surface area contributed by atoms with E-state index in [1.807, 2.05) is 45.0 Å². The van der Waals surface area contributed by atoms with Crippen molar-refractivity contribution in [1.82, 2.24) is 0 Å². The van der Waals surface area contributed by atoms with Gasteiger partial charge in [0.25, 0.3) is 0 Å². The monoisotopic (exact) mass is 276 g/mol. The molecule has 1 aromatic carbocycles. The van der Waals surface area contributed by atoms with Gasteiger partial charge in [0.2, 0.25) is 0 Å². The molecular weight excluding hydrogens is 252 g/mol. The number of hydrogen-bond donors (Lipinski definition) is 1. The summed E-state index contributed by atoms with van der Waals surface area (Å²) >= 11 is 0. The van der Waals surface area contributed by atoms with Gasteiger partial charge in [0.05, 0.1) is 0 Å². The lowest BCUT2D eigenvalue weighted by Gasteiger charge is -2.24. The van der Waals surface area contributed by atoms with Crippen LogP contribution in [0.15, 0.2) is 24.3 Å². The van der Waals surface area contributed by atoms with Gasteiger partial charge in [-0.25, -0.2) is 4.79 Å². The Morgan fingerprint density at radius 1 is 1.30 bits per heavy atom. The molecule has 1 aromatic rings. The van der Waals surface area contributed by atoms with E-state index in [-0.39, 0.29) is 11.6 Å². The van der Waals surface area contributed by atoms with Crippen molar-refractivity contribution in [2.45, 2.75) is 51.2 Å². The van der Waals surface area contributed by atoms with Gasteiger partial charge in [-0.1, -0.05) is 12.1 Å². The van der Waals surface area contributed by atoms with Crippen LogP contribution in [0.4, 0.5) is 10.5 Å². The van der Waals surface area contributed by atoms with E-state index in [1.54, 1.807) is 7.05 Å². The number of amides is 1. The van der Waals surface area contributed by atoms with E-state index in [0.717, 1.165) is 24.9 Å². The number of carbonyl (C=O) groups excluding carboxylic acids is 1. The largest absolute Gasteiger partial charge is 0.443 e. The highest BCUT2D eigenvalue weighted by Gasteiger charge is 2.37. The Morgan fingerprint density at radius 2 is 1.85 bits per heavy atom. The average Bonchev–Trinajstić information content (AvgIpc) is 3.04. The smallest absolute Gasteiger partial charge is 0.414 e. The van der Waals surface area contributed by atoms with Gasteiger partial charge in [0.1, 0.15) is 5.60 Å². The number of rotatable bonds is 3. The van der Waals surface area contributed by atoms with Gasteiger partial charge in [-0.05, 0) is 57.7 Å². The Hall–Kier alpha value is -1.55. The van der Waals surface area contributed by atoms with Gasteiger partial charge in [0.15, 0.2) is 0 Å². The second kappa shape index (κ2) is 5.09. The van der Waals surface area contributed by atoms with Crippen molar-refractivity contribution in [3.8, 4) is 0 Å². The standard InChI is InChI=1S/C16H24N2O2/c1-15(2,3)20-14(19)18(4)13-7-5-12(6-8-13)11-16(17)9-10-16/h5-8H,9-11,17H2,1-4H3. The molecule has 1 aliphatic rings. The number of carbonyl (C=O) groups is 1. The summed E-state index contributed by atoms with van der Waals surface area (Å²) in [7, 11) is 1.72. The number of nitrogens with zero attached hydrogens (tertiary/aromatic N) is 1. The molecule has 0 heterocycles. The molecule has 1 aliphatic carbocycles. The Balaban J connectivity index is 2.00. The van der Waals surface area contributed by atoms with Crippen LogP contribution in [-0.2, 0) is 11.2 Å². The first kappa shape index (κ1) is 14.9. The molecule has 0 spiro atoms. The van der Waals surface area contributed by atoms with E-state index in [0.29, 0.717) is 0 Å². The fourth-order valence-corrected chi connectivity index (χ4v) is 2.02.